The minimum atomic E-state index is 0.565. The van der Waals surface area contributed by atoms with Crippen LogP contribution in [0.4, 0.5) is 0 Å². The molecule has 1 saturated heterocycles. The van der Waals surface area contributed by atoms with Crippen LogP contribution in [0.2, 0.25) is 0 Å². The summed E-state index contributed by atoms with van der Waals surface area (Å²) in [6, 6.07) is 23.0. The Morgan fingerprint density at radius 2 is 1.68 bits per heavy atom. The fraction of sp³-hybridized carbons (Fsp3) is 0.400. The molecule has 0 spiro atoms. The molecule has 0 bridgehead atoms. The van der Waals surface area contributed by atoms with E-state index in [1.54, 1.807) is 0 Å². The second-order valence-electron chi connectivity index (χ2n) is 6.18. The van der Waals surface area contributed by atoms with Crippen molar-refractivity contribution in [1.29, 1.82) is 0 Å². The lowest BCUT2D eigenvalue weighted by Crippen LogP contribution is -2.54. The second kappa shape index (κ2) is 7.57. The molecule has 0 saturated carbocycles. The number of nitrogens with one attached hydrogen (secondary N) is 1. The summed E-state index contributed by atoms with van der Waals surface area (Å²) in [4.78, 5) is 2.65. The van der Waals surface area contributed by atoms with E-state index < -0.39 is 0 Å². The monoisotopic (exact) mass is 294 g/mol. The molecule has 2 aromatic rings. The van der Waals surface area contributed by atoms with Crippen LogP contribution in [0.3, 0.4) is 0 Å². The highest BCUT2D eigenvalue weighted by Gasteiger charge is 2.38. The van der Waals surface area contributed by atoms with Crippen molar-refractivity contribution in [2.75, 3.05) is 13.1 Å². The first-order valence-corrected chi connectivity index (χ1v) is 8.44. The summed E-state index contributed by atoms with van der Waals surface area (Å²) in [7, 11) is 0. The van der Waals surface area contributed by atoms with Crippen molar-refractivity contribution < 1.29 is 0 Å². The van der Waals surface area contributed by atoms with Gasteiger partial charge in [0, 0.05) is 25.2 Å². The van der Waals surface area contributed by atoms with Crippen LogP contribution in [-0.2, 0) is 6.54 Å². The molecule has 1 heterocycles. The Hall–Kier alpha value is -1.64. The van der Waals surface area contributed by atoms with E-state index in [-0.39, 0.29) is 0 Å². The van der Waals surface area contributed by atoms with Gasteiger partial charge in [0.05, 0.1) is 0 Å². The van der Waals surface area contributed by atoms with Gasteiger partial charge in [-0.3, -0.25) is 4.90 Å². The van der Waals surface area contributed by atoms with Gasteiger partial charge in [-0.2, -0.15) is 0 Å². The van der Waals surface area contributed by atoms with Gasteiger partial charge in [-0.25, -0.2) is 0 Å². The zero-order valence-corrected chi connectivity index (χ0v) is 13.4. The van der Waals surface area contributed by atoms with Crippen molar-refractivity contribution in [2.45, 2.75) is 38.4 Å². The normalized spacial score (nSPS) is 21.5. The van der Waals surface area contributed by atoms with Crippen LogP contribution in [0.5, 0.6) is 0 Å². The molecule has 0 aromatic heterocycles. The third-order valence-electron chi connectivity index (χ3n) is 4.56. The molecule has 0 radical (unpaired) electrons. The molecular formula is C20H26N2. The quantitative estimate of drug-likeness (QED) is 0.776. The molecule has 1 aliphatic heterocycles. The van der Waals surface area contributed by atoms with Gasteiger partial charge in [-0.05, 0) is 30.5 Å². The molecular weight excluding hydrogens is 268 g/mol. The van der Waals surface area contributed by atoms with E-state index in [0.717, 1.165) is 19.6 Å². The maximum Gasteiger partial charge on any atom is 0.0370 e. The Labute approximate surface area is 134 Å². The Morgan fingerprint density at radius 3 is 2.36 bits per heavy atom. The van der Waals surface area contributed by atoms with E-state index in [1.165, 1.54) is 24.0 Å². The van der Waals surface area contributed by atoms with E-state index in [9.17, 15) is 0 Å². The van der Waals surface area contributed by atoms with Gasteiger partial charge >= 0.3 is 0 Å². The molecule has 22 heavy (non-hydrogen) atoms. The largest absolute Gasteiger partial charge is 0.315 e. The number of hydrogen-bond acceptors (Lipinski definition) is 2. The van der Waals surface area contributed by atoms with E-state index in [4.69, 9.17) is 0 Å². The van der Waals surface area contributed by atoms with E-state index in [0.29, 0.717) is 12.1 Å². The van der Waals surface area contributed by atoms with Gasteiger partial charge in [0.25, 0.3) is 0 Å². The summed E-state index contributed by atoms with van der Waals surface area (Å²) in [5, 5.41) is 3.58. The van der Waals surface area contributed by atoms with Crippen molar-refractivity contribution in [3.05, 3.63) is 71.8 Å². The molecule has 2 heteroatoms. The first-order valence-electron chi connectivity index (χ1n) is 8.44. The number of likely N-dealkylation sites (tertiary alicyclic amines) is 1. The summed E-state index contributed by atoms with van der Waals surface area (Å²) >= 11 is 0. The van der Waals surface area contributed by atoms with Crippen LogP contribution < -0.4 is 5.32 Å². The van der Waals surface area contributed by atoms with E-state index in [1.807, 2.05) is 0 Å². The summed E-state index contributed by atoms with van der Waals surface area (Å²) in [6.07, 6.45) is 2.46. The van der Waals surface area contributed by atoms with Crippen LogP contribution in [0.25, 0.3) is 0 Å². The van der Waals surface area contributed by atoms with E-state index in [2.05, 4.69) is 77.8 Å². The average Bonchev–Trinajstić information content (AvgIpc) is 2.57. The molecule has 0 aliphatic carbocycles. The second-order valence-corrected chi connectivity index (χ2v) is 6.18. The number of nitrogens with zero attached hydrogens (tertiary/aromatic N) is 1. The third kappa shape index (κ3) is 3.57. The van der Waals surface area contributed by atoms with Gasteiger partial charge in [-0.15, -0.1) is 0 Å². The SMILES string of the molecule is CCCNCC1CC(c2ccccc2)N1Cc1ccccc1. The smallest absolute Gasteiger partial charge is 0.0370 e. The van der Waals surface area contributed by atoms with Gasteiger partial charge < -0.3 is 5.32 Å². The number of benzene rings is 2. The highest BCUT2D eigenvalue weighted by Crippen LogP contribution is 2.39. The summed E-state index contributed by atoms with van der Waals surface area (Å²) in [5.74, 6) is 0. The molecule has 1 N–H and O–H groups in total. The molecule has 0 amide bonds. The standard InChI is InChI=1S/C20H26N2/c1-2-13-21-15-19-14-20(18-11-7-4-8-12-18)22(19)16-17-9-5-3-6-10-17/h3-12,19-21H,2,13-16H2,1H3. The van der Waals surface area contributed by atoms with Crippen molar-refractivity contribution in [3.63, 3.8) is 0 Å². The Bertz CT molecular complexity index is 552. The third-order valence-corrected chi connectivity index (χ3v) is 4.56. The number of hydrogen-bond donors (Lipinski definition) is 1. The molecule has 1 fully saturated rings. The summed E-state index contributed by atoms with van der Waals surface area (Å²) < 4.78 is 0. The van der Waals surface area contributed by atoms with Gasteiger partial charge in [0.2, 0.25) is 0 Å². The topological polar surface area (TPSA) is 15.3 Å². The van der Waals surface area contributed by atoms with Crippen LogP contribution in [0, 0.1) is 0 Å². The first-order chi connectivity index (χ1) is 10.9. The molecule has 116 valence electrons. The van der Waals surface area contributed by atoms with Gasteiger partial charge in [-0.1, -0.05) is 67.6 Å². The van der Waals surface area contributed by atoms with Crippen LogP contribution in [-0.4, -0.2) is 24.0 Å². The van der Waals surface area contributed by atoms with Crippen LogP contribution in [0.1, 0.15) is 36.9 Å². The molecule has 1 aliphatic rings. The summed E-state index contributed by atoms with van der Waals surface area (Å²) in [6.45, 7) is 5.48. The Balaban J connectivity index is 1.69. The van der Waals surface area contributed by atoms with Gasteiger partial charge in [0.15, 0.2) is 0 Å². The lowest BCUT2D eigenvalue weighted by atomic mass is 9.86. The fourth-order valence-corrected chi connectivity index (χ4v) is 3.33. The minimum absolute atomic E-state index is 0.565. The van der Waals surface area contributed by atoms with Crippen molar-refractivity contribution >= 4 is 0 Å². The Kier molecular flexibility index (Phi) is 5.25. The average molecular weight is 294 g/mol. The van der Waals surface area contributed by atoms with Crippen LogP contribution >= 0.6 is 0 Å². The highest BCUT2D eigenvalue weighted by molar-refractivity contribution is 5.24. The van der Waals surface area contributed by atoms with Crippen molar-refractivity contribution in [2.24, 2.45) is 0 Å². The van der Waals surface area contributed by atoms with E-state index >= 15 is 0 Å². The molecule has 3 rings (SSSR count). The maximum atomic E-state index is 3.58. The Morgan fingerprint density at radius 1 is 1.00 bits per heavy atom. The zero-order chi connectivity index (χ0) is 15.2. The lowest BCUT2D eigenvalue weighted by Gasteiger charge is -2.49. The molecule has 2 aromatic carbocycles. The zero-order valence-electron chi connectivity index (χ0n) is 13.4. The fourth-order valence-electron chi connectivity index (χ4n) is 3.33. The maximum absolute atomic E-state index is 3.58. The first kappa shape index (κ1) is 15.3. The minimum Gasteiger partial charge on any atom is -0.315 e. The molecule has 2 atom stereocenters. The van der Waals surface area contributed by atoms with Crippen molar-refractivity contribution in [3.8, 4) is 0 Å². The summed E-state index contributed by atoms with van der Waals surface area (Å²) in [5.41, 5.74) is 2.86. The van der Waals surface area contributed by atoms with Gasteiger partial charge in [0.1, 0.15) is 0 Å². The van der Waals surface area contributed by atoms with Crippen molar-refractivity contribution in [1.82, 2.24) is 10.2 Å². The molecule has 2 unspecified atom stereocenters. The highest BCUT2D eigenvalue weighted by atomic mass is 15.3. The number of rotatable bonds is 7. The molecule has 2 nitrogen and oxygen atoms in total. The predicted octanol–water partition coefficient (Wildman–Crippen LogP) is 4.00. The van der Waals surface area contributed by atoms with Crippen LogP contribution in [0.15, 0.2) is 60.7 Å². The lowest BCUT2D eigenvalue weighted by molar-refractivity contribution is 0.00586. The predicted molar refractivity (Wildman–Crippen MR) is 92.7 cm³/mol.